The van der Waals surface area contributed by atoms with Gasteiger partial charge in [0.25, 0.3) is 0 Å². The molecule has 6 nitrogen and oxygen atoms in total. The summed E-state index contributed by atoms with van der Waals surface area (Å²) in [6.07, 6.45) is 1.46. The van der Waals surface area contributed by atoms with E-state index in [2.05, 4.69) is 15.8 Å². The summed E-state index contributed by atoms with van der Waals surface area (Å²) in [6, 6.07) is 17.2. The van der Waals surface area contributed by atoms with Crippen molar-refractivity contribution >= 4 is 18.0 Å². The van der Waals surface area contributed by atoms with Crippen LogP contribution < -0.4 is 15.5 Å². The standard InChI is InChI=1S/C20H23N3O3/c1-20(2,3)22-18(24)19(25)23-21-13-15-9-11-17(12-10-15)26-14-16-7-5-4-6-8-16/h4-13H,14H2,1-3H3,(H,22,24)(H,23,25)/b21-13+. The highest BCUT2D eigenvalue weighted by Crippen LogP contribution is 2.13. The monoisotopic (exact) mass is 353 g/mol. The van der Waals surface area contributed by atoms with Crippen LogP contribution in [-0.2, 0) is 16.2 Å². The Hall–Kier alpha value is -3.15. The van der Waals surface area contributed by atoms with E-state index in [0.717, 1.165) is 16.9 Å². The van der Waals surface area contributed by atoms with Crippen LogP contribution in [0, 0.1) is 0 Å². The van der Waals surface area contributed by atoms with Gasteiger partial charge < -0.3 is 10.1 Å². The van der Waals surface area contributed by atoms with Gasteiger partial charge in [0, 0.05) is 5.54 Å². The number of rotatable bonds is 5. The molecule has 0 aliphatic rings. The van der Waals surface area contributed by atoms with Gasteiger partial charge in [-0.15, -0.1) is 0 Å². The summed E-state index contributed by atoms with van der Waals surface area (Å²) in [7, 11) is 0. The third-order valence-electron chi connectivity index (χ3n) is 3.20. The molecule has 2 aromatic carbocycles. The van der Waals surface area contributed by atoms with Crippen LogP contribution >= 0.6 is 0 Å². The first kappa shape index (κ1) is 19.2. The Morgan fingerprint density at radius 1 is 1.00 bits per heavy atom. The third-order valence-corrected chi connectivity index (χ3v) is 3.20. The SMILES string of the molecule is CC(C)(C)NC(=O)C(=O)N/N=C/c1ccc(OCc2ccccc2)cc1. The number of nitrogens with zero attached hydrogens (tertiary/aromatic N) is 1. The van der Waals surface area contributed by atoms with Crippen molar-refractivity contribution in [1.82, 2.24) is 10.7 Å². The van der Waals surface area contributed by atoms with Crippen LogP contribution in [-0.4, -0.2) is 23.6 Å². The maximum atomic E-state index is 11.6. The van der Waals surface area contributed by atoms with E-state index in [4.69, 9.17) is 4.74 Å². The number of carbonyl (C=O) groups is 2. The summed E-state index contributed by atoms with van der Waals surface area (Å²) in [6.45, 7) is 5.88. The number of hydrazone groups is 1. The number of amides is 2. The fourth-order valence-electron chi connectivity index (χ4n) is 2.00. The molecule has 0 aliphatic heterocycles. The van der Waals surface area contributed by atoms with Crippen molar-refractivity contribution in [2.24, 2.45) is 5.10 Å². The van der Waals surface area contributed by atoms with Crippen molar-refractivity contribution in [3.63, 3.8) is 0 Å². The summed E-state index contributed by atoms with van der Waals surface area (Å²) in [5, 5.41) is 6.35. The Morgan fingerprint density at radius 3 is 2.27 bits per heavy atom. The van der Waals surface area contributed by atoms with Crippen LogP contribution in [0.5, 0.6) is 5.75 Å². The summed E-state index contributed by atoms with van der Waals surface area (Å²) in [4.78, 5) is 23.2. The molecule has 6 heteroatoms. The maximum absolute atomic E-state index is 11.6. The molecule has 0 atom stereocenters. The predicted molar refractivity (Wildman–Crippen MR) is 101 cm³/mol. The lowest BCUT2D eigenvalue weighted by Gasteiger charge is -2.19. The molecule has 2 N–H and O–H groups in total. The Morgan fingerprint density at radius 2 is 1.65 bits per heavy atom. The highest BCUT2D eigenvalue weighted by molar-refractivity contribution is 6.35. The van der Waals surface area contributed by atoms with Crippen LogP contribution in [0.4, 0.5) is 0 Å². The second-order valence-corrected chi connectivity index (χ2v) is 6.75. The van der Waals surface area contributed by atoms with Gasteiger partial charge in [-0.2, -0.15) is 5.10 Å². The van der Waals surface area contributed by atoms with E-state index in [1.54, 1.807) is 20.8 Å². The minimum atomic E-state index is -0.806. The first-order chi connectivity index (χ1) is 12.3. The zero-order valence-corrected chi connectivity index (χ0v) is 15.2. The highest BCUT2D eigenvalue weighted by atomic mass is 16.5. The van der Waals surface area contributed by atoms with Crippen LogP contribution in [0.25, 0.3) is 0 Å². The quantitative estimate of drug-likeness (QED) is 0.493. The van der Waals surface area contributed by atoms with Gasteiger partial charge in [0.2, 0.25) is 0 Å². The molecule has 0 bridgehead atoms. The molecule has 0 radical (unpaired) electrons. The summed E-state index contributed by atoms with van der Waals surface area (Å²) >= 11 is 0. The van der Waals surface area contributed by atoms with Crippen molar-refractivity contribution < 1.29 is 14.3 Å². The molecule has 0 heterocycles. The molecule has 0 fully saturated rings. The topological polar surface area (TPSA) is 79.8 Å². The fourth-order valence-corrected chi connectivity index (χ4v) is 2.00. The van der Waals surface area contributed by atoms with Crippen molar-refractivity contribution in [3.05, 3.63) is 65.7 Å². The molecular formula is C20H23N3O3. The molecule has 2 aromatic rings. The molecule has 0 aromatic heterocycles. The van der Waals surface area contributed by atoms with Crippen LogP contribution in [0.2, 0.25) is 0 Å². The zero-order chi connectivity index (χ0) is 19.0. The number of benzene rings is 2. The van der Waals surface area contributed by atoms with E-state index in [-0.39, 0.29) is 0 Å². The first-order valence-corrected chi connectivity index (χ1v) is 8.26. The normalized spacial score (nSPS) is 11.2. The minimum absolute atomic E-state index is 0.478. The van der Waals surface area contributed by atoms with Gasteiger partial charge in [0.1, 0.15) is 12.4 Å². The van der Waals surface area contributed by atoms with Gasteiger partial charge in [-0.05, 0) is 56.2 Å². The highest BCUT2D eigenvalue weighted by Gasteiger charge is 2.19. The van der Waals surface area contributed by atoms with Crippen molar-refractivity contribution in [1.29, 1.82) is 0 Å². The smallest absolute Gasteiger partial charge is 0.329 e. The predicted octanol–water partition coefficient (Wildman–Crippen LogP) is 2.63. The Bertz CT molecular complexity index is 763. The largest absolute Gasteiger partial charge is 0.489 e. The molecule has 2 rings (SSSR count). The lowest BCUT2D eigenvalue weighted by molar-refractivity contribution is -0.140. The maximum Gasteiger partial charge on any atom is 0.329 e. The number of carbonyl (C=O) groups excluding carboxylic acids is 2. The summed E-state index contributed by atoms with van der Waals surface area (Å²) in [5.41, 5.74) is 3.59. The van der Waals surface area contributed by atoms with Gasteiger partial charge in [-0.1, -0.05) is 30.3 Å². The molecule has 0 saturated carbocycles. The molecule has 2 amide bonds. The Balaban J connectivity index is 1.82. The van der Waals surface area contributed by atoms with Gasteiger partial charge in [-0.3, -0.25) is 9.59 Å². The Kier molecular flexibility index (Phi) is 6.49. The van der Waals surface area contributed by atoms with Crippen molar-refractivity contribution in [2.75, 3.05) is 0 Å². The number of nitrogens with one attached hydrogen (secondary N) is 2. The zero-order valence-electron chi connectivity index (χ0n) is 15.2. The van der Waals surface area contributed by atoms with Crippen LogP contribution in [0.1, 0.15) is 31.9 Å². The van der Waals surface area contributed by atoms with E-state index in [1.165, 1.54) is 6.21 Å². The average molecular weight is 353 g/mol. The van der Waals surface area contributed by atoms with Gasteiger partial charge in [0.15, 0.2) is 0 Å². The van der Waals surface area contributed by atoms with Crippen LogP contribution in [0.15, 0.2) is 59.7 Å². The summed E-state index contributed by atoms with van der Waals surface area (Å²) < 4.78 is 5.70. The van der Waals surface area contributed by atoms with E-state index in [0.29, 0.717) is 6.61 Å². The van der Waals surface area contributed by atoms with Gasteiger partial charge in [-0.25, -0.2) is 5.43 Å². The number of hydrogen-bond acceptors (Lipinski definition) is 4. The minimum Gasteiger partial charge on any atom is -0.489 e. The number of ether oxygens (including phenoxy) is 1. The lowest BCUT2D eigenvalue weighted by Crippen LogP contribution is -2.47. The van der Waals surface area contributed by atoms with E-state index >= 15 is 0 Å². The third kappa shape index (κ3) is 6.76. The van der Waals surface area contributed by atoms with Gasteiger partial charge >= 0.3 is 11.8 Å². The van der Waals surface area contributed by atoms with E-state index in [9.17, 15) is 9.59 Å². The second kappa shape index (κ2) is 8.80. The van der Waals surface area contributed by atoms with E-state index < -0.39 is 17.4 Å². The molecule has 26 heavy (non-hydrogen) atoms. The van der Waals surface area contributed by atoms with Crippen molar-refractivity contribution in [2.45, 2.75) is 32.9 Å². The van der Waals surface area contributed by atoms with E-state index in [1.807, 2.05) is 54.6 Å². The van der Waals surface area contributed by atoms with Crippen molar-refractivity contribution in [3.8, 4) is 5.75 Å². The van der Waals surface area contributed by atoms with Crippen LogP contribution in [0.3, 0.4) is 0 Å². The van der Waals surface area contributed by atoms with Gasteiger partial charge in [0.05, 0.1) is 6.21 Å². The molecule has 0 spiro atoms. The molecule has 0 unspecified atom stereocenters. The lowest BCUT2D eigenvalue weighted by atomic mass is 10.1. The Labute approximate surface area is 153 Å². The average Bonchev–Trinajstić information content (AvgIpc) is 2.60. The molecule has 136 valence electrons. The number of hydrogen-bond donors (Lipinski definition) is 2. The molecular weight excluding hydrogens is 330 g/mol. The fraction of sp³-hybridized carbons (Fsp3) is 0.250. The molecule has 0 saturated heterocycles. The summed E-state index contributed by atoms with van der Waals surface area (Å²) in [5.74, 6) is -0.794. The molecule has 0 aliphatic carbocycles. The second-order valence-electron chi connectivity index (χ2n) is 6.75. The first-order valence-electron chi connectivity index (χ1n) is 8.26.